The minimum absolute atomic E-state index is 0.0115. The molecule has 2 heterocycles. The van der Waals surface area contributed by atoms with Gasteiger partial charge in [-0.2, -0.15) is 0 Å². The van der Waals surface area contributed by atoms with Gasteiger partial charge in [-0.15, -0.1) is 0 Å². The third-order valence-electron chi connectivity index (χ3n) is 2.99. The van der Waals surface area contributed by atoms with Crippen molar-refractivity contribution >= 4 is 26.8 Å². The van der Waals surface area contributed by atoms with E-state index in [0.29, 0.717) is 6.54 Å². The van der Waals surface area contributed by atoms with Gasteiger partial charge in [-0.05, 0) is 34.1 Å². The summed E-state index contributed by atoms with van der Waals surface area (Å²) in [6.07, 6.45) is 1.78. The second-order valence-electron chi connectivity index (χ2n) is 4.30. The van der Waals surface area contributed by atoms with Crippen LogP contribution in [0, 0.1) is 0 Å². The molecule has 0 aliphatic heterocycles. The van der Waals surface area contributed by atoms with Gasteiger partial charge in [0.15, 0.2) is 0 Å². The summed E-state index contributed by atoms with van der Waals surface area (Å²) in [6, 6.07) is 15.1. The van der Waals surface area contributed by atoms with Crippen LogP contribution in [0.1, 0.15) is 5.56 Å². The maximum absolute atomic E-state index is 11.7. The van der Waals surface area contributed by atoms with Crippen LogP contribution < -0.4 is 5.56 Å². The van der Waals surface area contributed by atoms with Crippen molar-refractivity contribution in [3.05, 3.63) is 75.2 Å². The van der Waals surface area contributed by atoms with Crippen molar-refractivity contribution < 1.29 is 0 Å². The second-order valence-corrected chi connectivity index (χ2v) is 5.05. The smallest absolute Gasteiger partial charge is 0.250 e. The highest BCUT2D eigenvalue weighted by Gasteiger charge is 2.05. The Kier molecular flexibility index (Phi) is 3.17. The van der Waals surface area contributed by atoms with E-state index in [1.807, 2.05) is 30.3 Å². The topological polar surface area (TPSA) is 34.9 Å². The fourth-order valence-electron chi connectivity index (χ4n) is 2.02. The lowest BCUT2D eigenvalue weighted by Crippen LogP contribution is -2.18. The molecule has 0 unspecified atom stereocenters. The Morgan fingerprint density at radius 3 is 2.74 bits per heavy atom. The van der Waals surface area contributed by atoms with E-state index in [4.69, 9.17) is 0 Å². The quantitative estimate of drug-likeness (QED) is 0.681. The minimum Gasteiger partial charge on any atom is -0.311 e. The molecule has 0 radical (unpaired) electrons. The number of aromatic nitrogens is 2. The zero-order valence-electron chi connectivity index (χ0n) is 10.1. The number of hydrogen-bond acceptors (Lipinski definition) is 2. The summed E-state index contributed by atoms with van der Waals surface area (Å²) in [6.45, 7) is 0.512. The molecular weight excluding hydrogens is 304 g/mol. The average Bonchev–Trinajstić information content (AvgIpc) is 2.42. The fraction of sp³-hybridized carbons (Fsp3) is 0.0667. The number of nitrogens with zero attached hydrogens (tertiary/aromatic N) is 2. The number of hydrogen-bond donors (Lipinski definition) is 0. The number of pyridine rings is 2. The van der Waals surface area contributed by atoms with Gasteiger partial charge < -0.3 is 4.57 Å². The van der Waals surface area contributed by atoms with Crippen molar-refractivity contribution in [2.75, 3.05) is 0 Å². The molecule has 0 aliphatic rings. The van der Waals surface area contributed by atoms with Crippen LogP contribution in [-0.4, -0.2) is 9.55 Å². The van der Waals surface area contributed by atoms with Gasteiger partial charge in [-0.3, -0.25) is 4.79 Å². The first-order valence-corrected chi connectivity index (χ1v) is 6.73. The van der Waals surface area contributed by atoms with Crippen molar-refractivity contribution in [1.82, 2.24) is 9.55 Å². The van der Waals surface area contributed by atoms with E-state index in [-0.39, 0.29) is 5.56 Å². The lowest BCUT2D eigenvalue weighted by molar-refractivity contribution is 0.754. The predicted molar refractivity (Wildman–Crippen MR) is 79.2 cm³/mol. The van der Waals surface area contributed by atoms with Gasteiger partial charge in [0.25, 0.3) is 5.56 Å². The van der Waals surface area contributed by atoms with Gasteiger partial charge in [-0.25, -0.2) is 4.98 Å². The molecule has 0 amide bonds. The fourth-order valence-corrected chi connectivity index (χ4v) is 2.45. The van der Waals surface area contributed by atoms with E-state index in [9.17, 15) is 4.79 Å². The Bertz CT molecular complexity index is 795. The van der Waals surface area contributed by atoms with Crippen LogP contribution in [0.4, 0.5) is 0 Å². The molecule has 0 spiro atoms. The lowest BCUT2D eigenvalue weighted by Gasteiger charge is -2.08. The van der Waals surface area contributed by atoms with Gasteiger partial charge in [-0.1, -0.05) is 24.3 Å². The average molecular weight is 315 g/mol. The normalized spacial score (nSPS) is 10.8. The molecule has 0 atom stereocenters. The maximum atomic E-state index is 11.7. The van der Waals surface area contributed by atoms with E-state index < -0.39 is 0 Å². The zero-order chi connectivity index (χ0) is 13.2. The molecule has 4 heteroatoms. The van der Waals surface area contributed by atoms with Crippen molar-refractivity contribution in [3.8, 4) is 0 Å². The summed E-state index contributed by atoms with van der Waals surface area (Å²) in [5.74, 6) is 0. The molecular formula is C15H11BrN2O. The van der Waals surface area contributed by atoms with Crippen LogP contribution in [0.25, 0.3) is 10.9 Å². The Morgan fingerprint density at radius 1 is 1.11 bits per heavy atom. The Balaban J connectivity index is 2.08. The molecule has 3 rings (SSSR count). The van der Waals surface area contributed by atoms with E-state index in [0.717, 1.165) is 21.1 Å². The monoisotopic (exact) mass is 314 g/mol. The molecule has 0 fully saturated rings. The molecule has 19 heavy (non-hydrogen) atoms. The first-order valence-electron chi connectivity index (χ1n) is 5.94. The number of halogens is 1. The minimum atomic E-state index is -0.0115. The largest absolute Gasteiger partial charge is 0.311 e. The van der Waals surface area contributed by atoms with Crippen LogP contribution in [0.3, 0.4) is 0 Å². The van der Waals surface area contributed by atoms with Gasteiger partial charge in [0.1, 0.15) is 4.60 Å². The van der Waals surface area contributed by atoms with Crippen molar-refractivity contribution in [3.63, 3.8) is 0 Å². The van der Waals surface area contributed by atoms with Crippen molar-refractivity contribution in [2.45, 2.75) is 6.54 Å². The number of benzene rings is 1. The van der Waals surface area contributed by atoms with Crippen LogP contribution in [0.5, 0.6) is 0 Å². The maximum Gasteiger partial charge on any atom is 0.250 e. The van der Waals surface area contributed by atoms with E-state index >= 15 is 0 Å². The van der Waals surface area contributed by atoms with Crippen LogP contribution in [-0.2, 0) is 6.54 Å². The van der Waals surface area contributed by atoms with E-state index in [1.165, 1.54) is 0 Å². The molecule has 1 aromatic carbocycles. The number of para-hydroxylation sites is 1. The highest BCUT2D eigenvalue weighted by molar-refractivity contribution is 9.10. The number of rotatable bonds is 2. The summed E-state index contributed by atoms with van der Waals surface area (Å²) in [4.78, 5) is 16.2. The summed E-state index contributed by atoms with van der Waals surface area (Å²) in [7, 11) is 0. The van der Waals surface area contributed by atoms with E-state index in [1.54, 1.807) is 22.9 Å². The Morgan fingerprint density at radius 2 is 1.89 bits per heavy atom. The highest BCUT2D eigenvalue weighted by atomic mass is 79.9. The Hall–Kier alpha value is -1.94. The first kappa shape index (κ1) is 12.1. The first-order chi connectivity index (χ1) is 9.24. The lowest BCUT2D eigenvalue weighted by atomic mass is 10.1. The molecule has 2 aromatic heterocycles. The van der Waals surface area contributed by atoms with Crippen LogP contribution in [0.2, 0.25) is 0 Å². The van der Waals surface area contributed by atoms with Gasteiger partial charge in [0.2, 0.25) is 0 Å². The molecule has 3 aromatic rings. The predicted octanol–water partition coefficient (Wildman–Crippen LogP) is 3.21. The summed E-state index contributed by atoms with van der Waals surface area (Å²) < 4.78 is 2.44. The summed E-state index contributed by atoms with van der Waals surface area (Å²) in [5, 5.41) is 1.07. The standard InChI is InChI=1S/C15H11BrN2O/c16-15-12(10-18-8-4-3-7-14(18)19)9-11-5-1-2-6-13(11)17-15/h1-9H,10H2. The molecule has 0 saturated heterocycles. The second kappa shape index (κ2) is 4.97. The van der Waals surface area contributed by atoms with Crippen LogP contribution >= 0.6 is 15.9 Å². The van der Waals surface area contributed by atoms with Crippen LogP contribution in [0.15, 0.2) is 64.1 Å². The summed E-state index contributed by atoms with van der Waals surface area (Å²) >= 11 is 3.47. The number of fused-ring (bicyclic) bond motifs is 1. The van der Waals surface area contributed by atoms with E-state index in [2.05, 4.69) is 27.0 Å². The molecule has 0 bridgehead atoms. The molecule has 0 aliphatic carbocycles. The SMILES string of the molecule is O=c1ccccn1Cc1cc2ccccc2nc1Br. The van der Waals surface area contributed by atoms with Crippen molar-refractivity contribution in [2.24, 2.45) is 0 Å². The Labute approximate surface area is 118 Å². The molecule has 94 valence electrons. The van der Waals surface area contributed by atoms with Gasteiger partial charge in [0, 0.05) is 23.2 Å². The van der Waals surface area contributed by atoms with Gasteiger partial charge in [0.05, 0.1) is 12.1 Å². The highest BCUT2D eigenvalue weighted by Crippen LogP contribution is 2.21. The third kappa shape index (κ3) is 2.44. The zero-order valence-corrected chi connectivity index (χ0v) is 11.7. The molecule has 3 nitrogen and oxygen atoms in total. The van der Waals surface area contributed by atoms with Gasteiger partial charge >= 0.3 is 0 Å². The summed E-state index contributed by atoms with van der Waals surface area (Å²) in [5.41, 5.74) is 1.92. The van der Waals surface area contributed by atoms with Crippen molar-refractivity contribution in [1.29, 1.82) is 0 Å². The molecule has 0 saturated carbocycles. The molecule has 0 N–H and O–H groups in total. The third-order valence-corrected chi connectivity index (χ3v) is 3.68.